The zero-order valence-electron chi connectivity index (χ0n) is 14.4. The molecule has 0 saturated carbocycles. The molecule has 0 radical (unpaired) electrons. The maximum atomic E-state index is 2.46. The summed E-state index contributed by atoms with van der Waals surface area (Å²) in [6.45, 7) is 0. The van der Waals surface area contributed by atoms with Gasteiger partial charge in [0.05, 0.1) is 23.5 Å². The third-order valence-electron chi connectivity index (χ3n) is 5.14. The summed E-state index contributed by atoms with van der Waals surface area (Å²) in [6, 6.07) is 30.5. The summed E-state index contributed by atoms with van der Waals surface area (Å²) in [5, 5.41) is 0. The highest BCUT2D eigenvalue weighted by Crippen LogP contribution is 2.46. The molecule has 0 amide bonds. The van der Waals surface area contributed by atoms with Crippen LogP contribution < -0.4 is 9.80 Å². The van der Waals surface area contributed by atoms with E-state index in [0.717, 1.165) is 0 Å². The number of hydrogen-bond acceptors (Lipinski definition) is 2. The molecule has 1 aliphatic carbocycles. The molecule has 2 unspecified atom stereocenters. The Balaban J connectivity index is 1.74. The molecule has 2 aliphatic rings. The van der Waals surface area contributed by atoms with Gasteiger partial charge >= 0.3 is 0 Å². The topological polar surface area (TPSA) is 6.48 Å². The lowest BCUT2D eigenvalue weighted by Crippen LogP contribution is -2.52. The van der Waals surface area contributed by atoms with Crippen molar-refractivity contribution < 1.29 is 0 Å². The lowest BCUT2D eigenvalue weighted by atomic mass is 9.92. The summed E-state index contributed by atoms with van der Waals surface area (Å²) in [5.74, 6) is 0. The molecule has 0 fully saturated rings. The van der Waals surface area contributed by atoms with E-state index in [1.165, 1.54) is 22.7 Å². The van der Waals surface area contributed by atoms with Crippen LogP contribution in [0.15, 0.2) is 109 Å². The number of para-hydroxylation sites is 4. The van der Waals surface area contributed by atoms with Crippen molar-refractivity contribution in [1.29, 1.82) is 0 Å². The van der Waals surface area contributed by atoms with E-state index < -0.39 is 0 Å². The van der Waals surface area contributed by atoms with Gasteiger partial charge < -0.3 is 9.80 Å². The second-order valence-corrected chi connectivity index (χ2v) is 6.65. The zero-order chi connectivity index (χ0) is 17.3. The third-order valence-corrected chi connectivity index (χ3v) is 5.14. The van der Waals surface area contributed by atoms with Crippen LogP contribution in [0.25, 0.3) is 0 Å². The fourth-order valence-electron chi connectivity index (χ4n) is 4.05. The summed E-state index contributed by atoms with van der Waals surface area (Å²) in [4.78, 5) is 4.92. The summed E-state index contributed by atoms with van der Waals surface area (Å²) in [7, 11) is 0. The van der Waals surface area contributed by atoms with Gasteiger partial charge in [0.1, 0.15) is 0 Å². The van der Waals surface area contributed by atoms with Gasteiger partial charge in [0.2, 0.25) is 0 Å². The van der Waals surface area contributed by atoms with Crippen molar-refractivity contribution in [2.45, 2.75) is 12.1 Å². The Hall–Kier alpha value is -3.26. The third kappa shape index (κ3) is 2.34. The Morgan fingerprint density at radius 3 is 1.27 bits per heavy atom. The lowest BCUT2D eigenvalue weighted by molar-refractivity contribution is 0.638. The first-order valence-electron chi connectivity index (χ1n) is 9.06. The summed E-state index contributed by atoms with van der Waals surface area (Å²) in [5.41, 5.74) is 4.93. The number of rotatable bonds is 2. The average Bonchev–Trinajstić information content (AvgIpc) is 2.73. The molecule has 1 heterocycles. The molecule has 5 rings (SSSR count). The molecule has 126 valence electrons. The molecule has 26 heavy (non-hydrogen) atoms. The lowest BCUT2D eigenvalue weighted by Gasteiger charge is -2.49. The van der Waals surface area contributed by atoms with E-state index in [9.17, 15) is 0 Å². The molecule has 3 aromatic rings. The first-order chi connectivity index (χ1) is 12.9. The van der Waals surface area contributed by atoms with Crippen LogP contribution >= 0.6 is 0 Å². The molecule has 0 aromatic heterocycles. The predicted octanol–water partition coefficient (Wildman–Crippen LogP) is 5.84. The largest absolute Gasteiger partial charge is 0.330 e. The Labute approximate surface area is 154 Å². The van der Waals surface area contributed by atoms with Gasteiger partial charge in [-0.3, -0.25) is 0 Å². The van der Waals surface area contributed by atoms with E-state index in [1.54, 1.807) is 0 Å². The van der Waals surface area contributed by atoms with Crippen molar-refractivity contribution >= 4 is 22.7 Å². The molecule has 2 atom stereocenters. The van der Waals surface area contributed by atoms with Crippen molar-refractivity contribution in [1.82, 2.24) is 0 Å². The van der Waals surface area contributed by atoms with Crippen LogP contribution in [0.2, 0.25) is 0 Å². The molecule has 2 nitrogen and oxygen atoms in total. The minimum absolute atomic E-state index is 0.248. The van der Waals surface area contributed by atoms with Crippen LogP contribution in [0, 0.1) is 0 Å². The highest BCUT2D eigenvalue weighted by atomic mass is 15.3. The van der Waals surface area contributed by atoms with Crippen LogP contribution in [0.5, 0.6) is 0 Å². The quantitative estimate of drug-likeness (QED) is 0.580. The predicted molar refractivity (Wildman–Crippen MR) is 109 cm³/mol. The number of allylic oxidation sites excluding steroid dienone is 2. The second-order valence-electron chi connectivity index (χ2n) is 6.65. The Bertz CT molecular complexity index is 879. The minimum atomic E-state index is 0.248. The number of nitrogens with zero attached hydrogens (tertiary/aromatic N) is 2. The van der Waals surface area contributed by atoms with Gasteiger partial charge in [-0.15, -0.1) is 0 Å². The highest BCUT2D eigenvalue weighted by Gasteiger charge is 2.38. The van der Waals surface area contributed by atoms with Crippen LogP contribution in [0.1, 0.15) is 0 Å². The molecule has 2 heteroatoms. The molecule has 0 bridgehead atoms. The summed E-state index contributed by atoms with van der Waals surface area (Å²) >= 11 is 0. The van der Waals surface area contributed by atoms with Crippen LogP contribution in [0.3, 0.4) is 0 Å². The number of benzene rings is 3. The van der Waals surface area contributed by atoms with Gasteiger partial charge in [-0.25, -0.2) is 0 Å². The standard InChI is InChI=1S/C24H20N2/c1-3-11-19(12-4-1)25-21-15-7-9-17-23(21)26(20-13-5-2-6-14-20)24-18-10-8-16-22(24)25/h1-18,21,23H. The summed E-state index contributed by atoms with van der Waals surface area (Å²) in [6.07, 6.45) is 8.94. The van der Waals surface area contributed by atoms with Gasteiger partial charge in [-0.1, -0.05) is 72.8 Å². The first kappa shape index (κ1) is 15.0. The van der Waals surface area contributed by atoms with E-state index in [-0.39, 0.29) is 12.1 Å². The monoisotopic (exact) mass is 336 g/mol. The van der Waals surface area contributed by atoms with Crippen LogP contribution in [-0.2, 0) is 0 Å². The van der Waals surface area contributed by atoms with Gasteiger partial charge in [0.15, 0.2) is 0 Å². The van der Waals surface area contributed by atoms with Crippen LogP contribution in [0.4, 0.5) is 22.7 Å². The maximum Gasteiger partial charge on any atom is 0.0769 e. The van der Waals surface area contributed by atoms with E-state index in [4.69, 9.17) is 0 Å². The second kappa shape index (κ2) is 6.23. The van der Waals surface area contributed by atoms with Crippen molar-refractivity contribution in [3.63, 3.8) is 0 Å². The van der Waals surface area contributed by atoms with Crippen molar-refractivity contribution in [3.8, 4) is 0 Å². The van der Waals surface area contributed by atoms with E-state index in [2.05, 4.69) is 119 Å². The van der Waals surface area contributed by atoms with Crippen LogP contribution in [-0.4, -0.2) is 12.1 Å². The SMILES string of the molecule is C1=CC2C(C=C1)N(c1ccccc1)c1ccccc1N2c1ccccc1. The van der Waals surface area contributed by atoms with Crippen molar-refractivity contribution in [3.05, 3.63) is 109 Å². The molecule has 1 aliphatic heterocycles. The Kier molecular flexibility index (Phi) is 3.60. The highest BCUT2D eigenvalue weighted by molar-refractivity contribution is 5.86. The molecule has 0 spiro atoms. The molecule has 0 saturated heterocycles. The van der Waals surface area contributed by atoms with Crippen molar-refractivity contribution in [2.75, 3.05) is 9.80 Å². The molecular formula is C24H20N2. The fourth-order valence-corrected chi connectivity index (χ4v) is 4.05. The van der Waals surface area contributed by atoms with Crippen molar-refractivity contribution in [2.24, 2.45) is 0 Å². The number of fused-ring (bicyclic) bond motifs is 2. The summed E-state index contributed by atoms with van der Waals surface area (Å²) < 4.78 is 0. The smallest absolute Gasteiger partial charge is 0.0769 e. The molecule has 0 N–H and O–H groups in total. The van der Waals surface area contributed by atoms with E-state index in [1.807, 2.05) is 0 Å². The molecular weight excluding hydrogens is 316 g/mol. The number of anilines is 4. The average molecular weight is 336 g/mol. The van der Waals surface area contributed by atoms with Gasteiger partial charge in [0.25, 0.3) is 0 Å². The normalized spacial score (nSPS) is 20.6. The fraction of sp³-hybridized carbons (Fsp3) is 0.0833. The van der Waals surface area contributed by atoms with Gasteiger partial charge in [0, 0.05) is 11.4 Å². The van der Waals surface area contributed by atoms with E-state index in [0.29, 0.717) is 0 Å². The minimum Gasteiger partial charge on any atom is -0.330 e. The first-order valence-corrected chi connectivity index (χ1v) is 9.06. The van der Waals surface area contributed by atoms with E-state index >= 15 is 0 Å². The van der Waals surface area contributed by atoms with Gasteiger partial charge in [-0.2, -0.15) is 0 Å². The Morgan fingerprint density at radius 2 is 0.846 bits per heavy atom. The zero-order valence-corrected chi connectivity index (χ0v) is 14.4. The Morgan fingerprint density at radius 1 is 0.462 bits per heavy atom. The van der Waals surface area contributed by atoms with Gasteiger partial charge in [-0.05, 0) is 36.4 Å². The maximum absolute atomic E-state index is 2.46. The molecule has 3 aromatic carbocycles. The number of hydrogen-bond donors (Lipinski definition) is 0.